The summed E-state index contributed by atoms with van der Waals surface area (Å²) in [6.07, 6.45) is 1.47. The van der Waals surface area contributed by atoms with Crippen molar-refractivity contribution < 1.29 is 17.9 Å². The van der Waals surface area contributed by atoms with E-state index >= 15 is 0 Å². The number of morpholine rings is 1. The zero-order valence-corrected chi connectivity index (χ0v) is 14.1. The molecule has 1 aromatic carbocycles. The third-order valence-electron chi connectivity index (χ3n) is 4.04. The Balaban J connectivity index is 1.82. The van der Waals surface area contributed by atoms with Crippen LogP contribution in [0.3, 0.4) is 0 Å². The first-order valence-corrected chi connectivity index (χ1v) is 9.25. The average molecular weight is 349 g/mol. The number of carbonyl (C=O) groups is 1. The average Bonchev–Trinajstić information content (AvgIpc) is 3.13. The first-order chi connectivity index (χ1) is 11.5. The lowest BCUT2D eigenvalue weighted by Crippen LogP contribution is -2.47. The smallest absolute Gasteiger partial charge is 0.241 e. The number of nitrogens with zero attached hydrogens (tertiary/aromatic N) is 2. The predicted octanol–water partition coefficient (Wildman–Crippen LogP) is 1.10. The summed E-state index contributed by atoms with van der Waals surface area (Å²) in [6.45, 7) is 3.07. The van der Waals surface area contributed by atoms with Crippen LogP contribution in [0.5, 0.6) is 0 Å². The van der Waals surface area contributed by atoms with Crippen LogP contribution in [0.1, 0.15) is 6.92 Å². The minimum atomic E-state index is -3.87. The Morgan fingerprint density at radius 1 is 1.25 bits per heavy atom. The number of benzene rings is 1. The lowest BCUT2D eigenvalue weighted by molar-refractivity contribution is -0.134. The van der Waals surface area contributed by atoms with Crippen LogP contribution in [0.15, 0.2) is 41.7 Å². The van der Waals surface area contributed by atoms with E-state index in [1.54, 1.807) is 0 Å². The lowest BCUT2D eigenvalue weighted by atomic mass is 10.2. The molecule has 1 aliphatic heterocycles. The summed E-state index contributed by atoms with van der Waals surface area (Å²) in [5.74, 6) is -0.420. The molecule has 7 nitrogen and oxygen atoms in total. The molecule has 0 radical (unpaired) electrons. The van der Waals surface area contributed by atoms with Gasteiger partial charge in [0.2, 0.25) is 20.9 Å². The standard InChI is InChI=1S/C16H19N3O4S/c1-12(15(20)19-7-9-23-10-8-19)24(21,22)16-17-11-14(18-16)13-5-3-2-4-6-13/h2-6,11-12H,7-10H2,1H3,(H,17,18). The summed E-state index contributed by atoms with van der Waals surface area (Å²) in [7, 11) is -3.87. The summed E-state index contributed by atoms with van der Waals surface area (Å²) in [4.78, 5) is 20.8. The number of hydrogen-bond donors (Lipinski definition) is 1. The molecule has 0 saturated carbocycles. The minimum Gasteiger partial charge on any atom is -0.378 e. The van der Waals surface area contributed by atoms with Crippen molar-refractivity contribution in [2.24, 2.45) is 0 Å². The second-order valence-electron chi connectivity index (χ2n) is 5.59. The van der Waals surface area contributed by atoms with Crippen LogP contribution in [0, 0.1) is 0 Å². The van der Waals surface area contributed by atoms with Gasteiger partial charge in [-0.3, -0.25) is 4.79 Å². The number of sulfone groups is 1. The van der Waals surface area contributed by atoms with Gasteiger partial charge in [-0.25, -0.2) is 13.4 Å². The van der Waals surface area contributed by atoms with Crippen LogP contribution in [0.4, 0.5) is 0 Å². The van der Waals surface area contributed by atoms with Crippen LogP contribution in [0.25, 0.3) is 11.3 Å². The molecule has 0 bridgehead atoms. The van der Waals surface area contributed by atoms with Crippen molar-refractivity contribution >= 4 is 15.7 Å². The van der Waals surface area contributed by atoms with Gasteiger partial charge in [0.05, 0.1) is 25.1 Å². The molecular formula is C16H19N3O4S. The summed E-state index contributed by atoms with van der Waals surface area (Å²) >= 11 is 0. The van der Waals surface area contributed by atoms with Crippen LogP contribution >= 0.6 is 0 Å². The monoisotopic (exact) mass is 349 g/mol. The Morgan fingerprint density at radius 2 is 1.92 bits per heavy atom. The lowest BCUT2D eigenvalue weighted by Gasteiger charge is -2.28. The Morgan fingerprint density at radius 3 is 2.58 bits per heavy atom. The predicted molar refractivity (Wildman–Crippen MR) is 88.1 cm³/mol. The number of aromatic nitrogens is 2. The molecule has 0 spiro atoms. The number of carbonyl (C=O) groups excluding carboxylic acids is 1. The van der Waals surface area contributed by atoms with E-state index in [2.05, 4.69) is 9.97 Å². The number of hydrogen-bond acceptors (Lipinski definition) is 5. The largest absolute Gasteiger partial charge is 0.378 e. The third kappa shape index (κ3) is 3.20. The maximum Gasteiger partial charge on any atom is 0.241 e. The zero-order valence-electron chi connectivity index (χ0n) is 13.3. The topological polar surface area (TPSA) is 92.4 Å². The van der Waals surface area contributed by atoms with Crippen molar-refractivity contribution in [1.29, 1.82) is 0 Å². The molecule has 24 heavy (non-hydrogen) atoms. The maximum atomic E-state index is 12.7. The summed E-state index contributed by atoms with van der Waals surface area (Å²) in [6, 6.07) is 9.29. The molecule has 1 amide bonds. The van der Waals surface area contributed by atoms with E-state index < -0.39 is 21.0 Å². The van der Waals surface area contributed by atoms with Crippen LogP contribution < -0.4 is 0 Å². The van der Waals surface area contributed by atoms with Crippen molar-refractivity contribution in [2.75, 3.05) is 26.3 Å². The fourth-order valence-corrected chi connectivity index (χ4v) is 3.75. The molecule has 128 valence electrons. The van der Waals surface area contributed by atoms with Gasteiger partial charge in [-0.15, -0.1) is 0 Å². The number of amides is 1. The number of nitrogens with one attached hydrogen (secondary N) is 1. The van der Waals surface area contributed by atoms with Crippen LogP contribution in [-0.2, 0) is 19.4 Å². The molecule has 8 heteroatoms. The van der Waals surface area contributed by atoms with Gasteiger partial charge in [0, 0.05) is 13.1 Å². The quantitative estimate of drug-likeness (QED) is 0.892. The summed E-state index contributed by atoms with van der Waals surface area (Å²) in [5, 5.41) is -1.37. The highest BCUT2D eigenvalue weighted by atomic mass is 32.2. The molecule has 1 saturated heterocycles. The Kier molecular flexibility index (Phi) is 4.68. The van der Waals surface area contributed by atoms with Crippen molar-refractivity contribution in [2.45, 2.75) is 17.3 Å². The fourth-order valence-electron chi connectivity index (χ4n) is 2.55. The van der Waals surface area contributed by atoms with Gasteiger partial charge in [0.1, 0.15) is 5.25 Å². The van der Waals surface area contributed by atoms with Gasteiger partial charge in [-0.2, -0.15) is 0 Å². The number of H-pyrrole nitrogens is 1. The molecule has 1 unspecified atom stereocenters. The Labute approximate surface area is 140 Å². The minimum absolute atomic E-state index is 0.185. The first-order valence-electron chi connectivity index (χ1n) is 7.71. The van der Waals surface area contributed by atoms with E-state index in [0.717, 1.165) is 5.56 Å². The van der Waals surface area contributed by atoms with Crippen LogP contribution in [0.2, 0.25) is 0 Å². The number of ether oxygens (including phenoxy) is 1. The zero-order chi connectivity index (χ0) is 17.2. The molecule has 1 aromatic heterocycles. The Bertz CT molecular complexity index is 811. The normalized spacial score (nSPS) is 16.8. The van der Waals surface area contributed by atoms with Crippen molar-refractivity contribution in [3.8, 4) is 11.3 Å². The second-order valence-corrected chi connectivity index (χ2v) is 7.78. The molecule has 2 heterocycles. The van der Waals surface area contributed by atoms with Gasteiger partial charge in [-0.05, 0) is 12.5 Å². The molecular weight excluding hydrogens is 330 g/mol. The van der Waals surface area contributed by atoms with E-state index in [1.807, 2.05) is 30.3 Å². The van der Waals surface area contributed by atoms with Gasteiger partial charge in [-0.1, -0.05) is 30.3 Å². The molecule has 0 aliphatic carbocycles. The van der Waals surface area contributed by atoms with Gasteiger partial charge in [0.15, 0.2) is 0 Å². The molecule has 3 rings (SSSR count). The highest BCUT2D eigenvalue weighted by molar-refractivity contribution is 7.92. The fraction of sp³-hybridized carbons (Fsp3) is 0.375. The van der Waals surface area contributed by atoms with Crippen molar-refractivity contribution in [1.82, 2.24) is 14.9 Å². The highest BCUT2D eigenvalue weighted by Crippen LogP contribution is 2.21. The summed E-state index contributed by atoms with van der Waals surface area (Å²) < 4.78 is 30.6. The third-order valence-corrected chi connectivity index (χ3v) is 5.92. The maximum absolute atomic E-state index is 12.7. The van der Waals surface area contributed by atoms with Gasteiger partial charge >= 0.3 is 0 Å². The van der Waals surface area contributed by atoms with E-state index in [1.165, 1.54) is 18.0 Å². The highest BCUT2D eigenvalue weighted by Gasteiger charge is 2.35. The van der Waals surface area contributed by atoms with Crippen LogP contribution in [-0.4, -0.2) is 60.7 Å². The van der Waals surface area contributed by atoms with E-state index in [4.69, 9.17) is 4.74 Å². The van der Waals surface area contributed by atoms with Gasteiger partial charge < -0.3 is 14.6 Å². The van der Waals surface area contributed by atoms with E-state index in [9.17, 15) is 13.2 Å². The number of rotatable bonds is 4. The molecule has 1 atom stereocenters. The summed E-state index contributed by atoms with van der Waals surface area (Å²) in [5.41, 5.74) is 1.43. The molecule has 1 fully saturated rings. The van der Waals surface area contributed by atoms with Crippen molar-refractivity contribution in [3.63, 3.8) is 0 Å². The second kappa shape index (κ2) is 6.74. The molecule has 2 aromatic rings. The number of aromatic amines is 1. The molecule has 1 aliphatic rings. The molecule has 1 N–H and O–H groups in total. The number of imidazole rings is 1. The van der Waals surface area contributed by atoms with Crippen molar-refractivity contribution in [3.05, 3.63) is 36.5 Å². The Hall–Kier alpha value is -2.19. The van der Waals surface area contributed by atoms with Gasteiger partial charge in [0.25, 0.3) is 0 Å². The van der Waals surface area contributed by atoms with E-state index in [0.29, 0.717) is 32.0 Å². The first kappa shape index (κ1) is 16.7. The van der Waals surface area contributed by atoms with E-state index in [-0.39, 0.29) is 5.16 Å². The SMILES string of the molecule is CC(C(=O)N1CCOCC1)S(=O)(=O)c1ncc(-c2ccccc2)[nH]1.